The van der Waals surface area contributed by atoms with Crippen LogP contribution in [-0.2, 0) is 35.0 Å². The second kappa shape index (κ2) is 6.82. The average molecular weight is 374 g/mol. The van der Waals surface area contributed by atoms with E-state index >= 15 is 0 Å². The van der Waals surface area contributed by atoms with Crippen molar-refractivity contribution in [2.75, 3.05) is 19.7 Å². The summed E-state index contributed by atoms with van der Waals surface area (Å²) in [5.74, 6) is 0.254. The Hall–Kier alpha value is -1.66. The molecule has 1 spiro atoms. The number of aryl methyl sites for hydroxylation is 2. The highest BCUT2D eigenvalue weighted by atomic mass is 32.1. The maximum Gasteiger partial charge on any atom is 0.222 e. The zero-order chi connectivity index (χ0) is 18.3. The number of hydrogen-bond acceptors (Lipinski definition) is 4. The summed E-state index contributed by atoms with van der Waals surface area (Å²) in [7, 11) is 1.96. The Morgan fingerprint density at radius 2 is 2.12 bits per heavy atom. The van der Waals surface area contributed by atoms with Gasteiger partial charge in [-0.15, -0.1) is 11.3 Å². The maximum atomic E-state index is 12.7. The Labute approximate surface area is 159 Å². The van der Waals surface area contributed by atoms with Crippen molar-refractivity contribution in [3.63, 3.8) is 0 Å². The molecule has 0 N–H and O–H groups in total. The molecular formula is C20H27N3O2S. The first-order valence-corrected chi connectivity index (χ1v) is 10.4. The molecule has 2 aromatic rings. The summed E-state index contributed by atoms with van der Waals surface area (Å²) in [6.07, 6.45) is 4.19. The van der Waals surface area contributed by atoms with Crippen molar-refractivity contribution in [2.45, 2.75) is 51.6 Å². The van der Waals surface area contributed by atoms with Crippen molar-refractivity contribution in [2.24, 2.45) is 7.05 Å². The highest BCUT2D eigenvalue weighted by Crippen LogP contribution is 2.44. The average Bonchev–Trinajstić information content (AvgIpc) is 3.20. The molecule has 2 aromatic heterocycles. The number of nitrogens with zero attached hydrogens (tertiary/aromatic N) is 3. The van der Waals surface area contributed by atoms with Crippen LogP contribution in [0.25, 0.3) is 0 Å². The first-order valence-electron chi connectivity index (χ1n) is 9.48. The molecular weight excluding hydrogens is 346 g/mol. The fourth-order valence-electron chi connectivity index (χ4n) is 4.41. The van der Waals surface area contributed by atoms with Gasteiger partial charge in [0.25, 0.3) is 0 Å². The van der Waals surface area contributed by atoms with Gasteiger partial charge in [0.2, 0.25) is 5.91 Å². The molecule has 1 saturated heterocycles. The normalized spacial score (nSPS) is 19.0. The second-order valence-electron chi connectivity index (χ2n) is 7.52. The molecule has 0 unspecified atom stereocenters. The van der Waals surface area contributed by atoms with E-state index in [2.05, 4.69) is 23.5 Å². The van der Waals surface area contributed by atoms with Gasteiger partial charge in [-0.05, 0) is 62.1 Å². The van der Waals surface area contributed by atoms with Gasteiger partial charge in [-0.25, -0.2) is 0 Å². The fourth-order valence-corrected chi connectivity index (χ4v) is 5.58. The molecule has 6 heteroatoms. The van der Waals surface area contributed by atoms with E-state index in [0.29, 0.717) is 6.42 Å². The van der Waals surface area contributed by atoms with Crippen LogP contribution in [0.2, 0.25) is 0 Å². The number of hydrogen-bond donors (Lipinski definition) is 0. The number of aromatic nitrogens is 2. The van der Waals surface area contributed by atoms with Crippen LogP contribution in [0.3, 0.4) is 0 Å². The third kappa shape index (κ3) is 2.99. The lowest BCUT2D eigenvalue weighted by Gasteiger charge is -2.43. The first-order chi connectivity index (χ1) is 12.5. The maximum absolute atomic E-state index is 12.7. The van der Waals surface area contributed by atoms with E-state index in [4.69, 9.17) is 4.74 Å². The Bertz CT molecular complexity index is 815. The van der Waals surface area contributed by atoms with Crippen LogP contribution < -0.4 is 0 Å². The number of thiophene rings is 1. The lowest BCUT2D eigenvalue weighted by Crippen LogP contribution is -2.47. The molecule has 4 heterocycles. The zero-order valence-electron chi connectivity index (χ0n) is 15.9. The van der Waals surface area contributed by atoms with Crippen LogP contribution >= 0.6 is 11.3 Å². The highest BCUT2D eigenvalue weighted by molar-refractivity contribution is 7.10. The summed E-state index contributed by atoms with van der Waals surface area (Å²) in [4.78, 5) is 16.2. The summed E-state index contributed by atoms with van der Waals surface area (Å²) in [5.41, 5.74) is 4.72. The van der Waals surface area contributed by atoms with Gasteiger partial charge in [-0.2, -0.15) is 5.10 Å². The Balaban J connectivity index is 1.37. The number of ether oxygens (including phenoxy) is 1. The van der Waals surface area contributed by atoms with Crippen molar-refractivity contribution in [1.82, 2.24) is 14.7 Å². The van der Waals surface area contributed by atoms with Gasteiger partial charge >= 0.3 is 0 Å². The number of fused-ring (bicyclic) bond motifs is 2. The van der Waals surface area contributed by atoms with Gasteiger partial charge in [-0.1, -0.05) is 0 Å². The summed E-state index contributed by atoms with van der Waals surface area (Å²) in [6, 6.07) is 2.24. The Kier molecular flexibility index (Phi) is 4.65. The minimum Gasteiger partial charge on any atom is -0.369 e. The molecule has 0 saturated carbocycles. The molecule has 0 radical (unpaired) electrons. The van der Waals surface area contributed by atoms with Crippen LogP contribution in [0.1, 0.15) is 46.7 Å². The smallest absolute Gasteiger partial charge is 0.222 e. The van der Waals surface area contributed by atoms with Crippen molar-refractivity contribution in [1.29, 1.82) is 0 Å². The highest BCUT2D eigenvalue weighted by Gasteiger charge is 2.42. The third-order valence-electron chi connectivity index (χ3n) is 6.08. The molecule has 26 heavy (non-hydrogen) atoms. The minimum absolute atomic E-state index is 0.144. The van der Waals surface area contributed by atoms with Crippen molar-refractivity contribution in [3.05, 3.63) is 38.8 Å². The lowest BCUT2D eigenvalue weighted by atomic mass is 9.85. The monoisotopic (exact) mass is 373 g/mol. The van der Waals surface area contributed by atoms with Crippen LogP contribution in [-0.4, -0.2) is 40.3 Å². The van der Waals surface area contributed by atoms with Crippen LogP contribution in [0.4, 0.5) is 0 Å². The van der Waals surface area contributed by atoms with Crippen molar-refractivity contribution >= 4 is 17.2 Å². The van der Waals surface area contributed by atoms with E-state index in [1.54, 1.807) is 0 Å². The molecule has 140 valence electrons. The molecule has 4 rings (SSSR count). The van der Waals surface area contributed by atoms with Crippen LogP contribution in [0.5, 0.6) is 0 Å². The van der Waals surface area contributed by atoms with Crippen molar-refractivity contribution in [3.8, 4) is 0 Å². The number of likely N-dealkylation sites (tertiary alicyclic amines) is 1. The standard InChI is InChI=1S/C20H27N3O2S/c1-14-17(15(2)22(3)21-14)4-5-18(24)23-10-8-20(9-11-23)19-16(6-12-25-20)7-13-26-19/h7,13H,4-6,8-12H2,1-3H3. The van der Waals surface area contributed by atoms with Gasteiger partial charge in [0.05, 0.1) is 12.3 Å². The quantitative estimate of drug-likeness (QED) is 0.830. The van der Waals surface area contributed by atoms with Crippen molar-refractivity contribution < 1.29 is 9.53 Å². The van der Waals surface area contributed by atoms with E-state index in [1.807, 2.05) is 34.9 Å². The summed E-state index contributed by atoms with van der Waals surface area (Å²) in [6.45, 7) is 6.49. The van der Waals surface area contributed by atoms with Gasteiger partial charge < -0.3 is 9.64 Å². The van der Waals surface area contributed by atoms with Gasteiger partial charge in [0, 0.05) is 37.1 Å². The molecule has 0 bridgehead atoms. The molecule has 1 fully saturated rings. The lowest BCUT2D eigenvalue weighted by molar-refractivity contribution is -0.140. The zero-order valence-corrected chi connectivity index (χ0v) is 16.7. The van der Waals surface area contributed by atoms with Gasteiger partial charge in [-0.3, -0.25) is 9.48 Å². The topological polar surface area (TPSA) is 47.4 Å². The third-order valence-corrected chi connectivity index (χ3v) is 7.22. The minimum atomic E-state index is -0.144. The molecule has 0 atom stereocenters. The molecule has 2 aliphatic heterocycles. The van der Waals surface area contributed by atoms with Gasteiger partial charge in [0.1, 0.15) is 5.60 Å². The Morgan fingerprint density at radius 3 is 2.81 bits per heavy atom. The van der Waals surface area contributed by atoms with Crippen LogP contribution in [0.15, 0.2) is 11.4 Å². The van der Waals surface area contributed by atoms with E-state index in [1.165, 1.54) is 16.0 Å². The summed E-state index contributed by atoms with van der Waals surface area (Å²) >= 11 is 1.82. The molecule has 5 nitrogen and oxygen atoms in total. The number of carbonyl (C=O) groups excluding carboxylic acids is 1. The summed E-state index contributed by atoms with van der Waals surface area (Å²) < 4.78 is 8.15. The van der Waals surface area contributed by atoms with Crippen LogP contribution in [0, 0.1) is 13.8 Å². The number of piperidine rings is 1. The molecule has 2 aliphatic rings. The van der Waals surface area contributed by atoms with E-state index in [0.717, 1.165) is 56.8 Å². The predicted molar refractivity (Wildman–Crippen MR) is 102 cm³/mol. The fraction of sp³-hybridized carbons (Fsp3) is 0.600. The largest absolute Gasteiger partial charge is 0.369 e. The molecule has 1 amide bonds. The van der Waals surface area contributed by atoms with E-state index in [-0.39, 0.29) is 11.5 Å². The molecule has 0 aliphatic carbocycles. The Morgan fingerprint density at radius 1 is 1.35 bits per heavy atom. The second-order valence-corrected chi connectivity index (χ2v) is 8.44. The number of rotatable bonds is 3. The first kappa shape index (κ1) is 17.7. The van der Waals surface area contributed by atoms with E-state index < -0.39 is 0 Å². The van der Waals surface area contributed by atoms with E-state index in [9.17, 15) is 4.79 Å². The molecule has 0 aromatic carbocycles. The number of amides is 1. The summed E-state index contributed by atoms with van der Waals surface area (Å²) in [5, 5.41) is 6.63. The SMILES string of the molecule is Cc1nn(C)c(C)c1CCC(=O)N1CCC2(CC1)OCCc1ccsc12. The predicted octanol–water partition coefficient (Wildman–Crippen LogP) is 3.12. The number of carbonyl (C=O) groups is 1. The van der Waals surface area contributed by atoms with Gasteiger partial charge in [0.15, 0.2) is 0 Å².